The van der Waals surface area contributed by atoms with Gasteiger partial charge in [0, 0.05) is 5.04 Å². The van der Waals surface area contributed by atoms with Gasteiger partial charge in [-0.15, -0.1) is 0 Å². The first-order valence-electron chi connectivity index (χ1n) is 7.72. The first-order valence-corrected chi connectivity index (χ1v) is 9.67. The maximum atomic E-state index is 3.24. The van der Waals surface area contributed by atoms with Crippen LogP contribution in [0.2, 0.25) is 5.04 Å². The molecule has 0 bridgehead atoms. The summed E-state index contributed by atoms with van der Waals surface area (Å²) in [6, 6.07) is 21.9. The number of hydrogen-bond donors (Lipinski definition) is 1. The molecule has 1 N–H and O–H groups in total. The van der Waals surface area contributed by atoms with Crippen LogP contribution in [0.3, 0.4) is 0 Å². The third kappa shape index (κ3) is 2.22. The standard InChI is InChI=1S/C19H22N2Si/c1-19(2,3)22(21-15-14-20-16-21,17-10-6-4-7-11-17)18-12-8-5-9-13-18/h4-16H,1-3H3/p+1. The third-order valence-electron chi connectivity index (χ3n) is 4.40. The maximum Gasteiger partial charge on any atom is 0.335 e. The molecule has 3 aromatic rings. The lowest BCUT2D eigenvalue weighted by molar-refractivity contribution is -0.543. The molecule has 0 radical (unpaired) electrons. The summed E-state index contributed by atoms with van der Waals surface area (Å²) < 4.78 is 2.43. The molecule has 0 atom stereocenters. The Bertz CT molecular complexity index is 674. The minimum Gasteiger partial charge on any atom is -0.278 e. The van der Waals surface area contributed by atoms with Gasteiger partial charge in [-0.3, -0.25) is 9.22 Å². The Kier molecular flexibility index (Phi) is 3.75. The van der Waals surface area contributed by atoms with Crippen molar-refractivity contribution in [1.82, 2.24) is 4.98 Å². The van der Waals surface area contributed by atoms with Crippen molar-refractivity contribution in [3.8, 4) is 0 Å². The molecule has 2 aromatic carbocycles. The van der Waals surface area contributed by atoms with E-state index in [0.29, 0.717) is 0 Å². The van der Waals surface area contributed by atoms with E-state index < -0.39 is 8.24 Å². The lowest BCUT2D eigenvalue weighted by atomic mass is 10.2. The molecule has 0 aliphatic rings. The molecule has 0 unspecified atom stereocenters. The Morgan fingerprint density at radius 1 is 0.818 bits per heavy atom. The summed E-state index contributed by atoms with van der Waals surface area (Å²) in [5.74, 6) is 0. The van der Waals surface area contributed by atoms with Crippen LogP contribution in [-0.2, 0) is 0 Å². The third-order valence-corrected chi connectivity index (χ3v) is 9.96. The van der Waals surface area contributed by atoms with Gasteiger partial charge < -0.3 is 0 Å². The second kappa shape index (κ2) is 5.58. The van der Waals surface area contributed by atoms with Gasteiger partial charge in [0.1, 0.15) is 12.4 Å². The number of nitrogens with zero attached hydrogens (tertiary/aromatic N) is 1. The van der Waals surface area contributed by atoms with Crippen LogP contribution in [0.4, 0.5) is 0 Å². The van der Waals surface area contributed by atoms with Crippen LogP contribution in [0.25, 0.3) is 0 Å². The second-order valence-corrected chi connectivity index (χ2v) is 11.3. The highest BCUT2D eigenvalue weighted by Gasteiger charge is 2.55. The molecule has 112 valence electrons. The zero-order valence-corrected chi connectivity index (χ0v) is 14.5. The van der Waals surface area contributed by atoms with E-state index in [1.807, 2.05) is 6.20 Å². The van der Waals surface area contributed by atoms with Gasteiger partial charge >= 0.3 is 8.24 Å². The normalized spacial score (nSPS) is 12.3. The first-order chi connectivity index (χ1) is 10.6. The highest BCUT2D eigenvalue weighted by atomic mass is 28.3. The molecule has 22 heavy (non-hydrogen) atoms. The molecule has 0 aliphatic heterocycles. The summed E-state index contributed by atoms with van der Waals surface area (Å²) in [7, 11) is -2.19. The van der Waals surface area contributed by atoms with E-state index in [-0.39, 0.29) is 5.04 Å². The molecule has 0 aliphatic carbocycles. The van der Waals surface area contributed by atoms with E-state index in [0.717, 1.165) is 0 Å². The Hall–Kier alpha value is -2.13. The fourth-order valence-corrected chi connectivity index (χ4v) is 8.93. The monoisotopic (exact) mass is 307 g/mol. The van der Waals surface area contributed by atoms with Gasteiger partial charge in [-0.25, -0.2) is 0 Å². The van der Waals surface area contributed by atoms with Gasteiger partial charge in [0.05, 0.1) is 0 Å². The van der Waals surface area contributed by atoms with Gasteiger partial charge in [0.2, 0.25) is 6.33 Å². The highest BCUT2D eigenvalue weighted by Crippen LogP contribution is 2.33. The number of benzene rings is 2. The zero-order valence-electron chi connectivity index (χ0n) is 13.5. The summed E-state index contributed by atoms with van der Waals surface area (Å²) >= 11 is 0. The smallest absolute Gasteiger partial charge is 0.278 e. The van der Waals surface area contributed by atoms with Gasteiger partial charge in [-0.2, -0.15) is 0 Å². The van der Waals surface area contributed by atoms with E-state index in [1.165, 1.54) is 10.4 Å². The largest absolute Gasteiger partial charge is 0.335 e. The number of H-pyrrole nitrogens is 1. The fraction of sp³-hybridized carbons (Fsp3) is 0.211. The van der Waals surface area contributed by atoms with Crippen molar-refractivity contribution in [3.63, 3.8) is 0 Å². The van der Waals surface area contributed by atoms with E-state index in [9.17, 15) is 0 Å². The number of aromatic amines is 1. The SMILES string of the molecule is CC(C)(C)[Si](c1ccccc1)(c1ccccc1)[n+]1cc[nH]c1. The van der Waals surface area contributed by atoms with Gasteiger partial charge in [0.15, 0.2) is 0 Å². The van der Waals surface area contributed by atoms with Crippen molar-refractivity contribution in [3.05, 3.63) is 79.4 Å². The molecular weight excluding hydrogens is 284 g/mol. The summed E-state index contributed by atoms with van der Waals surface area (Å²) in [6.45, 7) is 7.08. The van der Waals surface area contributed by atoms with Gasteiger partial charge in [-0.1, -0.05) is 81.4 Å². The Morgan fingerprint density at radius 2 is 1.32 bits per heavy atom. The molecule has 0 spiro atoms. The summed E-state index contributed by atoms with van der Waals surface area (Å²) in [6.07, 6.45) is 6.30. The summed E-state index contributed by atoms with van der Waals surface area (Å²) in [5.41, 5.74) is 0. The number of nitrogens with one attached hydrogen (secondary N) is 1. The molecule has 3 rings (SSSR count). The lowest BCUT2D eigenvalue weighted by Gasteiger charge is -2.39. The van der Waals surface area contributed by atoms with Crippen molar-refractivity contribution < 1.29 is 4.23 Å². The lowest BCUT2D eigenvalue weighted by Crippen LogP contribution is -2.82. The summed E-state index contributed by atoms with van der Waals surface area (Å²) in [5, 5.41) is 2.99. The predicted molar refractivity (Wildman–Crippen MR) is 94.0 cm³/mol. The average molecular weight is 307 g/mol. The molecule has 3 heteroatoms. The average Bonchev–Trinajstić information content (AvgIpc) is 3.03. The minimum absolute atomic E-state index is 0.128. The van der Waals surface area contributed by atoms with Crippen molar-refractivity contribution in [2.45, 2.75) is 25.8 Å². The molecular formula is C19H23N2Si+. The molecule has 2 nitrogen and oxygen atoms in total. The van der Waals surface area contributed by atoms with Crippen LogP contribution in [0, 0.1) is 0 Å². The second-order valence-electron chi connectivity index (χ2n) is 6.71. The van der Waals surface area contributed by atoms with Gasteiger partial charge in [0.25, 0.3) is 0 Å². The number of imidazole rings is 1. The van der Waals surface area contributed by atoms with Crippen molar-refractivity contribution >= 4 is 18.6 Å². The molecule has 0 saturated carbocycles. The zero-order chi connectivity index (χ0) is 15.6. The van der Waals surface area contributed by atoms with E-state index in [4.69, 9.17) is 0 Å². The Morgan fingerprint density at radius 3 is 1.68 bits per heavy atom. The fourth-order valence-electron chi connectivity index (χ4n) is 3.58. The number of hydrogen-bond acceptors (Lipinski definition) is 0. The molecule has 1 heterocycles. The van der Waals surface area contributed by atoms with Crippen LogP contribution in [0.1, 0.15) is 20.8 Å². The van der Waals surface area contributed by atoms with Crippen LogP contribution in [0.5, 0.6) is 0 Å². The molecule has 0 fully saturated rings. The van der Waals surface area contributed by atoms with Crippen LogP contribution in [0.15, 0.2) is 79.4 Å². The minimum atomic E-state index is -2.19. The molecule has 0 saturated heterocycles. The molecule has 1 aromatic heterocycles. The van der Waals surface area contributed by atoms with Crippen LogP contribution < -0.4 is 14.6 Å². The topological polar surface area (TPSA) is 19.7 Å². The first kappa shape index (κ1) is 14.8. The predicted octanol–water partition coefficient (Wildman–Crippen LogP) is 2.71. The van der Waals surface area contributed by atoms with E-state index >= 15 is 0 Å². The quantitative estimate of drug-likeness (QED) is 0.718. The van der Waals surface area contributed by atoms with Gasteiger partial charge in [-0.05, 0) is 10.4 Å². The number of aromatic nitrogens is 2. The Balaban J connectivity index is 2.39. The summed E-state index contributed by atoms with van der Waals surface area (Å²) in [4.78, 5) is 3.24. The van der Waals surface area contributed by atoms with Crippen molar-refractivity contribution in [2.75, 3.05) is 0 Å². The number of rotatable bonds is 3. The van der Waals surface area contributed by atoms with E-state index in [1.54, 1.807) is 0 Å². The van der Waals surface area contributed by atoms with E-state index in [2.05, 4.69) is 103 Å². The Labute approximate surface area is 133 Å². The van der Waals surface area contributed by atoms with Crippen molar-refractivity contribution in [1.29, 1.82) is 0 Å². The highest BCUT2D eigenvalue weighted by molar-refractivity contribution is 6.97. The maximum absolute atomic E-state index is 3.24. The van der Waals surface area contributed by atoms with Crippen LogP contribution in [-0.4, -0.2) is 13.2 Å². The van der Waals surface area contributed by atoms with Crippen molar-refractivity contribution in [2.24, 2.45) is 0 Å². The molecule has 0 amide bonds. The van der Waals surface area contributed by atoms with Crippen LogP contribution >= 0.6 is 0 Å².